The SMILES string of the molecule is CC/C=C\C/C=C\C/C=C\C/C=C\C[C@@H](O)[C@H](O)CCCC(=O)O[C@H](COC(=O)CCCCCCC)COP(=O)(O)O. The van der Waals surface area contributed by atoms with Gasteiger partial charge in [-0.3, -0.25) is 14.1 Å². The highest BCUT2D eigenvalue weighted by Gasteiger charge is 2.23. The molecule has 0 fully saturated rings. The van der Waals surface area contributed by atoms with Crippen LogP contribution in [0, 0.1) is 0 Å². The maximum absolute atomic E-state index is 12.3. The Morgan fingerprint density at radius 2 is 1.29 bits per heavy atom. The van der Waals surface area contributed by atoms with Crippen molar-refractivity contribution in [2.75, 3.05) is 13.2 Å². The molecule has 0 aromatic rings. The topological polar surface area (TPSA) is 160 Å². The summed E-state index contributed by atoms with van der Waals surface area (Å²) in [4.78, 5) is 42.1. The van der Waals surface area contributed by atoms with Gasteiger partial charge in [-0.15, -0.1) is 0 Å². The number of allylic oxidation sites excluding steroid dienone is 7. The standard InChI is InChI=1S/C31H53O10P/c1-3-5-7-9-10-11-12-13-14-15-17-18-21-28(32)29(33)22-20-24-31(35)41-27(26-40-42(36,37)38)25-39-30(34)23-19-16-8-6-4-2/h5,7,10-11,13-14,17-18,27-29,32-33H,3-4,6,8-9,12,15-16,19-26H2,1-2H3,(H2,36,37,38)/b7-5-,11-10-,14-13-,18-17-/t27-,28-,29-/m1/s1. The van der Waals surface area contributed by atoms with Gasteiger partial charge in [0.15, 0.2) is 6.10 Å². The number of ether oxygens (including phenoxy) is 2. The average Bonchev–Trinajstić information content (AvgIpc) is 2.94. The third-order valence-electron chi connectivity index (χ3n) is 6.06. The predicted octanol–water partition coefficient (Wildman–Crippen LogP) is 6.00. The summed E-state index contributed by atoms with van der Waals surface area (Å²) in [5.41, 5.74) is 0. The van der Waals surface area contributed by atoms with Gasteiger partial charge in [-0.1, -0.05) is 88.1 Å². The molecule has 0 amide bonds. The first kappa shape index (κ1) is 39.9. The number of rotatable bonds is 26. The van der Waals surface area contributed by atoms with Crippen molar-refractivity contribution in [3.05, 3.63) is 48.6 Å². The first-order valence-electron chi connectivity index (χ1n) is 15.1. The number of aliphatic hydroxyl groups is 2. The Morgan fingerprint density at radius 1 is 0.714 bits per heavy atom. The number of phosphoric ester groups is 1. The molecule has 0 radical (unpaired) electrons. The molecular weight excluding hydrogens is 563 g/mol. The van der Waals surface area contributed by atoms with Crippen molar-refractivity contribution in [2.45, 2.75) is 122 Å². The monoisotopic (exact) mass is 616 g/mol. The van der Waals surface area contributed by atoms with Gasteiger partial charge >= 0.3 is 19.8 Å². The molecule has 242 valence electrons. The predicted molar refractivity (Wildman–Crippen MR) is 163 cm³/mol. The van der Waals surface area contributed by atoms with E-state index >= 15 is 0 Å². The fraction of sp³-hybridized carbons (Fsp3) is 0.677. The van der Waals surface area contributed by atoms with Gasteiger partial charge in [0.2, 0.25) is 0 Å². The smallest absolute Gasteiger partial charge is 0.462 e. The second-order valence-corrected chi connectivity index (χ2v) is 11.2. The van der Waals surface area contributed by atoms with Gasteiger partial charge in [-0.2, -0.15) is 0 Å². The van der Waals surface area contributed by atoms with Crippen molar-refractivity contribution < 1.29 is 48.2 Å². The van der Waals surface area contributed by atoms with E-state index in [-0.39, 0.29) is 32.1 Å². The number of esters is 2. The zero-order valence-corrected chi connectivity index (χ0v) is 26.2. The van der Waals surface area contributed by atoms with E-state index in [1.165, 1.54) is 0 Å². The van der Waals surface area contributed by atoms with E-state index in [0.717, 1.165) is 51.4 Å². The van der Waals surface area contributed by atoms with Crippen LogP contribution in [0.4, 0.5) is 0 Å². The van der Waals surface area contributed by atoms with Crippen molar-refractivity contribution in [1.29, 1.82) is 0 Å². The molecule has 0 aromatic carbocycles. The molecule has 0 rings (SSSR count). The molecule has 0 aromatic heterocycles. The fourth-order valence-corrected chi connectivity index (χ4v) is 4.05. The first-order chi connectivity index (χ1) is 20.1. The van der Waals surface area contributed by atoms with Crippen molar-refractivity contribution in [2.24, 2.45) is 0 Å². The summed E-state index contributed by atoms with van der Waals surface area (Å²) in [7, 11) is -4.82. The van der Waals surface area contributed by atoms with Gasteiger partial charge in [-0.25, -0.2) is 4.57 Å². The molecule has 0 aliphatic carbocycles. The molecule has 4 N–H and O–H groups in total. The van der Waals surface area contributed by atoms with Crippen molar-refractivity contribution >= 4 is 19.8 Å². The highest BCUT2D eigenvalue weighted by molar-refractivity contribution is 7.46. The van der Waals surface area contributed by atoms with Crippen LogP contribution in [0.2, 0.25) is 0 Å². The Morgan fingerprint density at radius 3 is 1.88 bits per heavy atom. The lowest BCUT2D eigenvalue weighted by molar-refractivity contribution is -0.161. The summed E-state index contributed by atoms with van der Waals surface area (Å²) in [6.07, 6.45) is 22.2. The Bertz CT molecular complexity index is 862. The Kier molecular flexibility index (Phi) is 25.2. The molecule has 3 atom stereocenters. The summed E-state index contributed by atoms with van der Waals surface area (Å²) in [6, 6.07) is 0. The zero-order chi connectivity index (χ0) is 31.5. The van der Waals surface area contributed by atoms with Crippen LogP contribution in [0.5, 0.6) is 0 Å². The summed E-state index contributed by atoms with van der Waals surface area (Å²) in [6.45, 7) is 3.16. The maximum Gasteiger partial charge on any atom is 0.469 e. The van der Waals surface area contributed by atoms with Gasteiger partial charge < -0.3 is 29.5 Å². The van der Waals surface area contributed by atoms with Gasteiger partial charge in [0.1, 0.15) is 6.61 Å². The van der Waals surface area contributed by atoms with Gasteiger partial charge in [0.25, 0.3) is 0 Å². The third kappa shape index (κ3) is 26.8. The van der Waals surface area contributed by atoms with Crippen molar-refractivity contribution in [3.8, 4) is 0 Å². The Balaban J connectivity index is 4.34. The second kappa shape index (κ2) is 26.5. The summed E-state index contributed by atoms with van der Waals surface area (Å²) in [5.74, 6) is -1.19. The molecule has 0 bridgehead atoms. The molecule has 0 heterocycles. The number of aliphatic hydroxyl groups excluding tert-OH is 2. The van der Waals surface area contributed by atoms with Crippen LogP contribution >= 0.6 is 7.82 Å². The van der Waals surface area contributed by atoms with Crippen LogP contribution in [-0.2, 0) is 28.2 Å². The molecule has 10 nitrogen and oxygen atoms in total. The number of hydrogen-bond acceptors (Lipinski definition) is 8. The minimum absolute atomic E-state index is 0.106. The summed E-state index contributed by atoms with van der Waals surface area (Å²) < 4.78 is 25.8. The zero-order valence-electron chi connectivity index (χ0n) is 25.4. The van der Waals surface area contributed by atoms with Crippen molar-refractivity contribution in [1.82, 2.24) is 0 Å². The molecular formula is C31H53O10P. The van der Waals surface area contributed by atoms with E-state index in [4.69, 9.17) is 19.3 Å². The minimum atomic E-state index is -4.82. The van der Waals surface area contributed by atoms with Crippen LogP contribution in [0.3, 0.4) is 0 Å². The normalized spacial score (nSPS) is 14.7. The highest BCUT2D eigenvalue weighted by Crippen LogP contribution is 2.35. The van der Waals surface area contributed by atoms with E-state index < -0.39 is 51.3 Å². The maximum atomic E-state index is 12.3. The lowest BCUT2D eigenvalue weighted by Gasteiger charge is -2.19. The van der Waals surface area contributed by atoms with E-state index in [1.807, 2.05) is 12.2 Å². The fourth-order valence-electron chi connectivity index (χ4n) is 3.69. The van der Waals surface area contributed by atoms with Crippen LogP contribution in [0.25, 0.3) is 0 Å². The Hall–Kier alpha value is -2.07. The third-order valence-corrected chi connectivity index (χ3v) is 6.55. The van der Waals surface area contributed by atoms with Gasteiger partial charge in [0.05, 0.1) is 18.8 Å². The van der Waals surface area contributed by atoms with Gasteiger partial charge in [-0.05, 0) is 51.4 Å². The highest BCUT2D eigenvalue weighted by atomic mass is 31.2. The molecule has 0 aliphatic rings. The molecule has 0 saturated carbocycles. The van der Waals surface area contributed by atoms with Crippen LogP contribution in [-0.4, -0.2) is 63.5 Å². The molecule has 0 unspecified atom stereocenters. The summed E-state index contributed by atoms with van der Waals surface area (Å²) >= 11 is 0. The van der Waals surface area contributed by atoms with Crippen molar-refractivity contribution in [3.63, 3.8) is 0 Å². The number of carbonyl (C=O) groups is 2. The minimum Gasteiger partial charge on any atom is -0.462 e. The number of phosphoric acid groups is 1. The van der Waals surface area contributed by atoms with Crippen LogP contribution in [0.15, 0.2) is 48.6 Å². The summed E-state index contributed by atoms with van der Waals surface area (Å²) in [5, 5.41) is 20.4. The first-order valence-corrected chi connectivity index (χ1v) is 16.6. The largest absolute Gasteiger partial charge is 0.469 e. The molecule has 0 spiro atoms. The number of hydrogen-bond donors (Lipinski definition) is 4. The van der Waals surface area contributed by atoms with Crippen LogP contribution < -0.4 is 0 Å². The number of carbonyl (C=O) groups excluding carboxylic acids is 2. The van der Waals surface area contributed by atoms with Gasteiger partial charge in [0, 0.05) is 12.8 Å². The lowest BCUT2D eigenvalue weighted by Crippen LogP contribution is -2.30. The van der Waals surface area contributed by atoms with E-state index in [1.54, 1.807) is 6.08 Å². The van der Waals surface area contributed by atoms with E-state index in [9.17, 15) is 24.4 Å². The van der Waals surface area contributed by atoms with E-state index in [2.05, 4.69) is 48.8 Å². The molecule has 42 heavy (non-hydrogen) atoms. The number of unbranched alkanes of at least 4 members (excludes halogenated alkanes) is 4. The second-order valence-electron chi connectivity index (χ2n) is 10.0. The van der Waals surface area contributed by atoms with Crippen LogP contribution in [0.1, 0.15) is 104 Å². The lowest BCUT2D eigenvalue weighted by atomic mass is 10.0. The molecule has 11 heteroatoms. The Labute approximate surface area is 251 Å². The molecule has 0 saturated heterocycles. The quantitative estimate of drug-likeness (QED) is 0.0393. The van der Waals surface area contributed by atoms with E-state index in [0.29, 0.717) is 6.42 Å². The molecule has 0 aliphatic heterocycles. The average molecular weight is 617 g/mol.